The normalized spacial score (nSPS) is 22.4. The lowest BCUT2D eigenvalue weighted by atomic mass is 9.97. The molecule has 1 saturated heterocycles. The van der Waals surface area contributed by atoms with Crippen molar-refractivity contribution in [3.8, 4) is 0 Å². The van der Waals surface area contributed by atoms with Crippen LogP contribution in [-0.4, -0.2) is 39.2 Å². The van der Waals surface area contributed by atoms with Gasteiger partial charge in [-0.1, -0.05) is 6.42 Å². The maximum Gasteiger partial charge on any atom is 0.146 e. The predicted octanol–water partition coefficient (Wildman–Crippen LogP) is 2.50. The molecule has 0 saturated carbocycles. The van der Waals surface area contributed by atoms with E-state index in [2.05, 4.69) is 9.88 Å². The van der Waals surface area contributed by atoms with Gasteiger partial charge in [0.05, 0.1) is 18.5 Å². The van der Waals surface area contributed by atoms with Crippen LogP contribution in [0.5, 0.6) is 0 Å². The number of anilines is 1. The Morgan fingerprint density at radius 1 is 1.17 bits per heavy atom. The Labute approximate surface area is 140 Å². The quantitative estimate of drug-likeness (QED) is 0.903. The van der Waals surface area contributed by atoms with Crippen LogP contribution in [0.15, 0.2) is 0 Å². The van der Waals surface area contributed by atoms with Crippen molar-refractivity contribution >= 4 is 27.4 Å². The zero-order chi connectivity index (χ0) is 15.8. The molecule has 6 heteroatoms. The molecule has 2 aromatic rings. The second kappa shape index (κ2) is 6.34. The van der Waals surface area contributed by atoms with E-state index in [1.807, 2.05) is 0 Å². The van der Waals surface area contributed by atoms with Crippen LogP contribution in [0, 0.1) is 0 Å². The largest absolute Gasteiger partial charge is 0.395 e. The molecule has 0 amide bonds. The second-order valence-electron chi connectivity index (χ2n) is 6.72. The van der Waals surface area contributed by atoms with Crippen LogP contribution in [0.3, 0.4) is 0 Å². The third-order valence-electron chi connectivity index (χ3n) is 5.19. The van der Waals surface area contributed by atoms with E-state index in [0.29, 0.717) is 12.4 Å². The molecule has 0 aromatic carbocycles. The first-order chi connectivity index (χ1) is 11.3. The van der Waals surface area contributed by atoms with E-state index < -0.39 is 0 Å². The van der Waals surface area contributed by atoms with E-state index in [1.54, 1.807) is 11.3 Å². The molecule has 3 heterocycles. The number of likely N-dealkylation sites (tertiary alicyclic amines) is 1. The van der Waals surface area contributed by atoms with Crippen LogP contribution in [0.1, 0.15) is 48.4 Å². The highest BCUT2D eigenvalue weighted by Crippen LogP contribution is 2.37. The molecule has 1 atom stereocenters. The van der Waals surface area contributed by atoms with Crippen molar-refractivity contribution in [2.24, 2.45) is 0 Å². The van der Waals surface area contributed by atoms with Crippen LogP contribution in [0.25, 0.3) is 10.2 Å². The van der Waals surface area contributed by atoms with Crippen LogP contribution in [0.4, 0.5) is 5.82 Å². The molecule has 2 aromatic heterocycles. The molecule has 124 valence electrons. The molecule has 1 unspecified atom stereocenters. The topological polar surface area (TPSA) is 75.3 Å². The number of aliphatic hydroxyl groups is 1. The fraction of sp³-hybridized carbons (Fsp3) is 0.647. The summed E-state index contributed by atoms with van der Waals surface area (Å²) < 4.78 is 0. The summed E-state index contributed by atoms with van der Waals surface area (Å²) in [7, 11) is 0. The number of nitrogen functional groups attached to an aromatic ring is 1. The molecule has 1 aliphatic carbocycles. The first-order valence-corrected chi connectivity index (χ1v) is 9.49. The lowest BCUT2D eigenvalue weighted by molar-refractivity contribution is 0.0821. The third-order valence-corrected chi connectivity index (χ3v) is 6.38. The molecule has 23 heavy (non-hydrogen) atoms. The molecule has 0 radical (unpaired) electrons. The molecule has 0 spiro atoms. The Kier molecular flexibility index (Phi) is 4.22. The van der Waals surface area contributed by atoms with Gasteiger partial charge in [-0.25, -0.2) is 9.97 Å². The molecule has 0 bridgehead atoms. The van der Waals surface area contributed by atoms with Crippen LogP contribution < -0.4 is 5.73 Å². The minimum Gasteiger partial charge on any atom is -0.395 e. The maximum absolute atomic E-state index is 9.57. The molecule has 5 nitrogen and oxygen atoms in total. The van der Waals surface area contributed by atoms with Gasteiger partial charge in [-0.2, -0.15) is 0 Å². The first-order valence-electron chi connectivity index (χ1n) is 8.68. The average Bonchev–Trinajstić information content (AvgIpc) is 2.94. The van der Waals surface area contributed by atoms with Crippen LogP contribution in [0.2, 0.25) is 0 Å². The van der Waals surface area contributed by atoms with Gasteiger partial charge in [0.2, 0.25) is 0 Å². The van der Waals surface area contributed by atoms with Crippen molar-refractivity contribution in [1.82, 2.24) is 14.9 Å². The van der Waals surface area contributed by atoms with E-state index >= 15 is 0 Å². The number of hydrogen-bond acceptors (Lipinski definition) is 6. The zero-order valence-corrected chi connectivity index (χ0v) is 14.2. The van der Waals surface area contributed by atoms with Crippen LogP contribution >= 0.6 is 11.3 Å². The van der Waals surface area contributed by atoms with E-state index in [-0.39, 0.29) is 12.6 Å². The molecule has 1 fully saturated rings. The number of hydrogen-bond donors (Lipinski definition) is 2. The average molecular weight is 332 g/mol. The maximum atomic E-state index is 9.57. The Balaban J connectivity index is 1.66. The molecule has 3 N–H and O–H groups in total. The molecule has 4 rings (SSSR count). The molecule has 1 aliphatic heterocycles. The van der Waals surface area contributed by atoms with Crippen molar-refractivity contribution in [1.29, 1.82) is 0 Å². The van der Waals surface area contributed by atoms with E-state index in [0.717, 1.165) is 41.8 Å². The van der Waals surface area contributed by atoms with Gasteiger partial charge < -0.3 is 10.8 Å². The zero-order valence-electron chi connectivity index (χ0n) is 13.4. The van der Waals surface area contributed by atoms with Crippen molar-refractivity contribution in [2.75, 3.05) is 18.9 Å². The number of piperidine rings is 1. The monoisotopic (exact) mass is 332 g/mol. The summed E-state index contributed by atoms with van der Waals surface area (Å²) in [6.07, 6.45) is 8.22. The van der Waals surface area contributed by atoms with E-state index in [9.17, 15) is 5.11 Å². The number of fused-ring (bicyclic) bond motifs is 3. The van der Waals surface area contributed by atoms with Gasteiger partial charge in [-0.15, -0.1) is 11.3 Å². The van der Waals surface area contributed by atoms with Crippen molar-refractivity contribution in [2.45, 2.75) is 57.5 Å². The summed E-state index contributed by atoms with van der Waals surface area (Å²) in [5, 5.41) is 10.7. The van der Waals surface area contributed by atoms with E-state index in [4.69, 9.17) is 10.7 Å². The Hall–Kier alpha value is -1.24. The number of aryl methyl sites for hydroxylation is 2. The van der Waals surface area contributed by atoms with Crippen molar-refractivity contribution in [3.63, 3.8) is 0 Å². The summed E-state index contributed by atoms with van der Waals surface area (Å²) in [5.74, 6) is 1.44. The Morgan fingerprint density at radius 2 is 2.04 bits per heavy atom. The fourth-order valence-corrected chi connectivity index (χ4v) is 5.25. The lowest BCUT2D eigenvalue weighted by Gasteiger charge is -2.33. The summed E-state index contributed by atoms with van der Waals surface area (Å²) in [5.41, 5.74) is 7.68. The SMILES string of the molecule is Nc1nc(CN2CCCCC2CO)nc2sc3c(c12)CCCC3. The number of rotatable bonds is 3. The van der Waals surface area contributed by atoms with Gasteiger partial charge >= 0.3 is 0 Å². The van der Waals surface area contributed by atoms with Crippen molar-refractivity contribution < 1.29 is 5.11 Å². The van der Waals surface area contributed by atoms with Gasteiger partial charge in [0.15, 0.2) is 0 Å². The predicted molar refractivity (Wildman–Crippen MR) is 93.6 cm³/mol. The van der Waals surface area contributed by atoms with Gasteiger partial charge in [0, 0.05) is 10.9 Å². The fourth-order valence-electron chi connectivity index (χ4n) is 3.96. The number of aliphatic hydroxyl groups excluding tert-OH is 1. The molecule has 2 aliphatic rings. The first kappa shape index (κ1) is 15.3. The van der Waals surface area contributed by atoms with Gasteiger partial charge in [-0.3, -0.25) is 4.90 Å². The van der Waals surface area contributed by atoms with Gasteiger partial charge in [0.25, 0.3) is 0 Å². The smallest absolute Gasteiger partial charge is 0.146 e. The Bertz CT molecular complexity index is 714. The summed E-state index contributed by atoms with van der Waals surface area (Å²) >= 11 is 1.80. The second-order valence-corrected chi connectivity index (χ2v) is 7.80. The van der Waals surface area contributed by atoms with E-state index in [1.165, 1.54) is 36.1 Å². The van der Waals surface area contributed by atoms with Crippen molar-refractivity contribution in [3.05, 3.63) is 16.3 Å². The highest BCUT2D eigenvalue weighted by Gasteiger charge is 2.24. The Morgan fingerprint density at radius 3 is 2.91 bits per heavy atom. The highest BCUT2D eigenvalue weighted by molar-refractivity contribution is 7.19. The minimum atomic E-state index is 0.213. The summed E-state index contributed by atoms with van der Waals surface area (Å²) in [6.45, 7) is 1.91. The standard InChI is InChI=1S/C17H24N4OS/c18-16-15-12-6-1-2-7-13(12)23-17(15)20-14(19-16)9-21-8-4-3-5-11(21)10-22/h11,22H,1-10H2,(H2,18,19,20). The van der Waals surface area contributed by atoms with Gasteiger partial charge in [-0.05, 0) is 50.6 Å². The number of aromatic nitrogens is 2. The van der Waals surface area contributed by atoms with Crippen LogP contribution in [-0.2, 0) is 19.4 Å². The summed E-state index contributed by atoms with van der Waals surface area (Å²) in [4.78, 5) is 14.2. The number of thiophene rings is 1. The third kappa shape index (κ3) is 2.84. The minimum absolute atomic E-state index is 0.213. The highest BCUT2D eigenvalue weighted by atomic mass is 32.1. The number of nitrogens with two attached hydrogens (primary N) is 1. The molecular formula is C17H24N4OS. The summed E-state index contributed by atoms with van der Waals surface area (Å²) in [6, 6.07) is 0.237. The number of nitrogens with zero attached hydrogens (tertiary/aromatic N) is 3. The molecular weight excluding hydrogens is 308 g/mol. The lowest BCUT2D eigenvalue weighted by Crippen LogP contribution is -2.41. The van der Waals surface area contributed by atoms with Gasteiger partial charge in [0.1, 0.15) is 16.5 Å².